The van der Waals surface area contributed by atoms with E-state index in [1.807, 2.05) is 38.3 Å². The number of nitrogens with one attached hydrogen (secondary N) is 1. The monoisotopic (exact) mass is 354 g/mol. The van der Waals surface area contributed by atoms with Crippen LogP contribution in [0.1, 0.15) is 30.9 Å². The molecule has 1 aromatic heterocycles. The number of carbonyl (C=O) groups is 1. The molecule has 0 saturated heterocycles. The Balaban J connectivity index is 2.23. The lowest BCUT2D eigenvalue weighted by atomic mass is 10.1. The number of amidine groups is 1. The van der Waals surface area contributed by atoms with Crippen LogP contribution in [-0.2, 0) is 14.3 Å². The van der Waals surface area contributed by atoms with Crippen molar-refractivity contribution < 1.29 is 14.3 Å². The molecule has 23 heavy (non-hydrogen) atoms. The van der Waals surface area contributed by atoms with Crippen LogP contribution in [0.25, 0.3) is 0 Å². The first-order valence-corrected chi connectivity index (χ1v) is 9.40. The van der Waals surface area contributed by atoms with E-state index in [4.69, 9.17) is 9.47 Å². The summed E-state index contributed by atoms with van der Waals surface area (Å²) in [5, 5.41) is 5.96. The molecule has 1 N–H and O–H groups in total. The minimum absolute atomic E-state index is 0.0823. The molecule has 0 radical (unpaired) electrons. The number of thioether (sulfide) groups is 1. The van der Waals surface area contributed by atoms with Crippen LogP contribution in [0.2, 0.25) is 0 Å². The molecule has 5 nitrogen and oxygen atoms in total. The zero-order valence-corrected chi connectivity index (χ0v) is 15.3. The van der Waals surface area contributed by atoms with E-state index in [1.54, 1.807) is 23.1 Å². The van der Waals surface area contributed by atoms with Gasteiger partial charge in [0, 0.05) is 17.2 Å². The third kappa shape index (κ3) is 4.83. The van der Waals surface area contributed by atoms with E-state index in [0.29, 0.717) is 31.9 Å². The number of hydrogen-bond acceptors (Lipinski definition) is 6. The van der Waals surface area contributed by atoms with Crippen LogP contribution in [0.3, 0.4) is 0 Å². The molecule has 0 bridgehead atoms. The van der Waals surface area contributed by atoms with Gasteiger partial charge in [0.05, 0.1) is 30.6 Å². The Bertz CT molecular complexity index is 582. The molecule has 1 aliphatic heterocycles. The molecule has 0 aromatic carbocycles. The number of aliphatic imine (C=N–C) groups is 1. The van der Waals surface area contributed by atoms with Gasteiger partial charge in [-0.05, 0) is 32.2 Å². The van der Waals surface area contributed by atoms with Gasteiger partial charge in [-0.15, -0.1) is 11.3 Å². The molecule has 1 aliphatic rings. The van der Waals surface area contributed by atoms with E-state index < -0.39 is 0 Å². The quantitative estimate of drug-likeness (QED) is 0.601. The van der Waals surface area contributed by atoms with Gasteiger partial charge < -0.3 is 14.8 Å². The van der Waals surface area contributed by atoms with Crippen molar-refractivity contribution in [1.29, 1.82) is 0 Å². The van der Waals surface area contributed by atoms with Gasteiger partial charge in [0.2, 0.25) is 0 Å². The Hall–Kier alpha value is -1.31. The van der Waals surface area contributed by atoms with Crippen molar-refractivity contribution in [3.8, 4) is 0 Å². The summed E-state index contributed by atoms with van der Waals surface area (Å²) in [6.45, 7) is 7.93. The maximum absolute atomic E-state index is 12.3. The van der Waals surface area contributed by atoms with Gasteiger partial charge in [-0.25, -0.2) is 4.79 Å². The first-order valence-electron chi connectivity index (χ1n) is 7.64. The lowest BCUT2D eigenvalue weighted by Gasteiger charge is -2.27. The molecule has 0 amide bonds. The minimum atomic E-state index is -0.267. The number of ether oxygens (including phenoxy) is 2. The van der Waals surface area contributed by atoms with Gasteiger partial charge in [-0.1, -0.05) is 17.8 Å². The number of thiophene rings is 1. The Kier molecular flexibility index (Phi) is 7.14. The fourth-order valence-electron chi connectivity index (χ4n) is 2.17. The van der Waals surface area contributed by atoms with Crippen molar-refractivity contribution in [2.75, 3.05) is 26.4 Å². The van der Waals surface area contributed by atoms with Crippen molar-refractivity contribution in [3.05, 3.63) is 33.7 Å². The second-order valence-electron chi connectivity index (χ2n) is 4.78. The Labute approximate surface area is 145 Å². The fraction of sp³-hybridized carbons (Fsp3) is 0.500. The molecule has 0 saturated carbocycles. The maximum atomic E-state index is 12.3. The minimum Gasteiger partial charge on any atom is -0.463 e. The lowest BCUT2D eigenvalue weighted by Crippen LogP contribution is -2.31. The zero-order chi connectivity index (χ0) is 16.7. The highest BCUT2D eigenvalue weighted by atomic mass is 32.2. The van der Waals surface area contributed by atoms with E-state index in [1.165, 1.54) is 0 Å². The summed E-state index contributed by atoms with van der Waals surface area (Å²) in [7, 11) is 0. The fourth-order valence-corrected chi connectivity index (χ4v) is 4.38. The average Bonchev–Trinajstić information content (AvgIpc) is 3.05. The van der Waals surface area contributed by atoms with Crippen molar-refractivity contribution in [1.82, 2.24) is 5.32 Å². The number of carbonyl (C=O) groups excluding carboxylic acids is 1. The van der Waals surface area contributed by atoms with Crippen LogP contribution in [-0.4, -0.2) is 37.5 Å². The second kappa shape index (κ2) is 9.10. The summed E-state index contributed by atoms with van der Waals surface area (Å²) in [5.74, 6) is -0.267. The maximum Gasteiger partial charge on any atom is 0.337 e. The van der Waals surface area contributed by atoms with E-state index in [0.717, 1.165) is 15.7 Å². The predicted octanol–water partition coefficient (Wildman–Crippen LogP) is 3.36. The van der Waals surface area contributed by atoms with E-state index in [2.05, 4.69) is 10.3 Å². The Morgan fingerprint density at radius 3 is 2.87 bits per heavy atom. The summed E-state index contributed by atoms with van der Waals surface area (Å²) >= 11 is 3.18. The first kappa shape index (κ1) is 18.0. The van der Waals surface area contributed by atoms with Gasteiger partial charge in [-0.2, -0.15) is 0 Å². The zero-order valence-electron chi connectivity index (χ0n) is 13.6. The number of esters is 1. The highest BCUT2D eigenvalue weighted by molar-refractivity contribution is 8.14. The molecule has 0 spiro atoms. The average molecular weight is 354 g/mol. The third-order valence-corrected chi connectivity index (χ3v) is 5.45. The molecule has 1 atom stereocenters. The van der Waals surface area contributed by atoms with Crippen molar-refractivity contribution in [2.24, 2.45) is 4.99 Å². The SMILES string of the molecule is CCOCCN=C1NC(C)=C(C(=O)OCC)C(c2cccs2)S1. The van der Waals surface area contributed by atoms with Gasteiger partial charge in [0.25, 0.3) is 0 Å². The topological polar surface area (TPSA) is 59.9 Å². The van der Waals surface area contributed by atoms with Crippen LogP contribution in [0.4, 0.5) is 0 Å². The number of allylic oxidation sites excluding steroid dienone is 1. The summed E-state index contributed by atoms with van der Waals surface area (Å²) in [5.41, 5.74) is 1.47. The normalized spacial score (nSPS) is 19.8. The standard InChI is InChI=1S/C16H22N2O3S2/c1-4-20-9-8-17-16-18-11(3)13(15(19)21-5-2)14(23-16)12-7-6-10-22-12/h6-7,10,14H,4-5,8-9H2,1-3H3,(H,17,18). The molecule has 1 aromatic rings. The summed E-state index contributed by atoms with van der Waals surface area (Å²) < 4.78 is 10.5. The second-order valence-corrected chi connectivity index (χ2v) is 6.85. The smallest absolute Gasteiger partial charge is 0.337 e. The van der Waals surface area contributed by atoms with Gasteiger partial charge in [0.1, 0.15) is 0 Å². The van der Waals surface area contributed by atoms with Crippen LogP contribution >= 0.6 is 23.1 Å². The molecule has 7 heteroatoms. The van der Waals surface area contributed by atoms with E-state index in [9.17, 15) is 4.79 Å². The van der Waals surface area contributed by atoms with Gasteiger partial charge in [-0.3, -0.25) is 4.99 Å². The van der Waals surface area contributed by atoms with E-state index in [-0.39, 0.29) is 11.2 Å². The molecule has 1 unspecified atom stereocenters. The van der Waals surface area contributed by atoms with Crippen molar-refractivity contribution in [3.63, 3.8) is 0 Å². The number of nitrogens with zero attached hydrogens (tertiary/aromatic N) is 1. The summed E-state index contributed by atoms with van der Waals surface area (Å²) in [6, 6.07) is 4.03. The van der Waals surface area contributed by atoms with Crippen LogP contribution in [0.15, 0.2) is 33.8 Å². The van der Waals surface area contributed by atoms with Crippen molar-refractivity contribution in [2.45, 2.75) is 26.0 Å². The molecular formula is C16H22N2O3S2. The Morgan fingerprint density at radius 2 is 2.22 bits per heavy atom. The lowest BCUT2D eigenvalue weighted by molar-refractivity contribution is -0.138. The molecule has 2 heterocycles. The first-order chi connectivity index (χ1) is 11.2. The summed E-state index contributed by atoms with van der Waals surface area (Å²) in [4.78, 5) is 18.0. The van der Waals surface area contributed by atoms with Crippen molar-refractivity contribution >= 4 is 34.2 Å². The largest absolute Gasteiger partial charge is 0.463 e. The van der Waals surface area contributed by atoms with Gasteiger partial charge in [0.15, 0.2) is 5.17 Å². The number of hydrogen-bond donors (Lipinski definition) is 1. The Morgan fingerprint density at radius 1 is 1.39 bits per heavy atom. The van der Waals surface area contributed by atoms with Crippen LogP contribution in [0, 0.1) is 0 Å². The molecule has 0 fully saturated rings. The molecule has 126 valence electrons. The predicted molar refractivity (Wildman–Crippen MR) is 95.9 cm³/mol. The van der Waals surface area contributed by atoms with Crippen LogP contribution < -0.4 is 5.32 Å². The summed E-state index contributed by atoms with van der Waals surface area (Å²) in [6.07, 6.45) is 0. The molecular weight excluding hydrogens is 332 g/mol. The van der Waals surface area contributed by atoms with Gasteiger partial charge >= 0.3 is 5.97 Å². The van der Waals surface area contributed by atoms with E-state index >= 15 is 0 Å². The molecule has 2 rings (SSSR count). The van der Waals surface area contributed by atoms with Crippen LogP contribution in [0.5, 0.6) is 0 Å². The molecule has 0 aliphatic carbocycles. The number of rotatable bonds is 7. The third-order valence-electron chi connectivity index (χ3n) is 3.18. The highest BCUT2D eigenvalue weighted by Crippen LogP contribution is 2.42. The highest BCUT2D eigenvalue weighted by Gasteiger charge is 2.33.